The van der Waals surface area contributed by atoms with Crippen molar-refractivity contribution >= 4 is 17.2 Å². The molecular weight excluding hydrogens is 220 g/mol. The van der Waals surface area contributed by atoms with Crippen LogP contribution in [0, 0.1) is 0 Å². The van der Waals surface area contributed by atoms with Gasteiger partial charge in [0.25, 0.3) is 0 Å². The Labute approximate surface area is 101 Å². The molecule has 0 spiro atoms. The van der Waals surface area contributed by atoms with E-state index in [0.717, 1.165) is 5.56 Å². The minimum atomic E-state index is 0.306. The fourth-order valence-corrected chi connectivity index (χ4v) is 1.36. The zero-order valence-electron chi connectivity index (χ0n) is 9.06. The molecule has 0 amide bonds. The van der Waals surface area contributed by atoms with Gasteiger partial charge in [-0.2, -0.15) is 0 Å². The molecule has 0 fully saturated rings. The number of rotatable bonds is 6. The summed E-state index contributed by atoms with van der Waals surface area (Å²) in [4.78, 5) is 0.306. The second kappa shape index (κ2) is 6.98. The van der Waals surface area contributed by atoms with Gasteiger partial charge in [-0.15, -0.1) is 0 Å². The fraction of sp³-hybridized carbons (Fsp3) is 0.250. The van der Waals surface area contributed by atoms with Crippen LogP contribution in [0.25, 0.3) is 0 Å². The Morgan fingerprint density at radius 1 is 1.25 bits per heavy atom. The van der Waals surface area contributed by atoms with Crippen LogP contribution < -0.4 is 11.5 Å². The van der Waals surface area contributed by atoms with Crippen molar-refractivity contribution in [3.05, 3.63) is 47.7 Å². The van der Waals surface area contributed by atoms with Crippen molar-refractivity contribution < 1.29 is 4.74 Å². The van der Waals surface area contributed by atoms with E-state index < -0.39 is 0 Å². The summed E-state index contributed by atoms with van der Waals surface area (Å²) in [5, 5.41) is 0. The first-order valence-electron chi connectivity index (χ1n) is 5.05. The highest BCUT2D eigenvalue weighted by atomic mass is 32.1. The zero-order chi connectivity index (χ0) is 11.8. The van der Waals surface area contributed by atoms with Gasteiger partial charge in [0.05, 0.1) is 18.2 Å². The number of hydrogen-bond donors (Lipinski definition) is 2. The summed E-state index contributed by atoms with van der Waals surface area (Å²) in [5.41, 5.74) is 12.8. The first-order valence-corrected chi connectivity index (χ1v) is 5.46. The Bertz CT molecular complexity index is 363. The minimum Gasteiger partial charge on any atom is -0.402 e. The van der Waals surface area contributed by atoms with Crippen LogP contribution in [0.1, 0.15) is 12.0 Å². The van der Waals surface area contributed by atoms with Crippen molar-refractivity contribution in [2.75, 3.05) is 6.61 Å². The van der Waals surface area contributed by atoms with Crippen molar-refractivity contribution in [2.45, 2.75) is 13.0 Å². The molecule has 0 bridgehead atoms. The largest absolute Gasteiger partial charge is 0.402 e. The maximum atomic E-state index is 5.67. The lowest BCUT2D eigenvalue weighted by Gasteiger charge is -2.04. The molecule has 1 rings (SSSR count). The Kier molecular flexibility index (Phi) is 5.53. The monoisotopic (exact) mass is 236 g/mol. The molecule has 86 valence electrons. The van der Waals surface area contributed by atoms with Crippen molar-refractivity contribution in [1.82, 2.24) is 0 Å². The second-order valence-electron chi connectivity index (χ2n) is 3.41. The van der Waals surface area contributed by atoms with E-state index in [-0.39, 0.29) is 0 Å². The van der Waals surface area contributed by atoms with Crippen LogP contribution in [0.15, 0.2) is 42.1 Å². The second-order valence-corrected chi connectivity index (χ2v) is 3.88. The first kappa shape index (κ1) is 12.7. The number of thiocarbonyl (C=S) groups is 1. The van der Waals surface area contributed by atoms with E-state index in [1.54, 1.807) is 6.08 Å². The molecule has 1 aromatic carbocycles. The van der Waals surface area contributed by atoms with E-state index in [1.165, 1.54) is 0 Å². The van der Waals surface area contributed by atoms with E-state index in [2.05, 4.69) is 0 Å². The summed E-state index contributed by atoms with van der Waals surface area (Å²) < 4.78 is 5.47. The third kappa shape index (κ3) is 5.48. The van der Waals surface area contributed by atoms with Gasteiger partial charge in [-0.05, 0) is 11.6 Å². The third-order valence-electron chi connectivity index (χ3n) is 1.97. The Balaban J connectivity index is 2.20. The van der Waals surface area contributed by atoms with Crippen molar-refractivity contribution in [3.63, 3.8) is 0 Å². The molecule has 0 heterocycles. The number of benzene rings is 1. The van der Waals surface area contributed by atoms with Crippen LogP contribution in [0.4, 0.5) is 0 Å². The molecule has 0 aliphatic rings. The molecule has 16 heavy (non-hydrogen) atoms. The van der Waals surface area contributed by atoms with Gasteiger partial charge >= 0.3 is 0 Å². The molecule has 0 saturated heterocycles. The lowest BCUT2D eigenvalue weighted by molar-refractivity contribution is 0.123. The average Bonchev–Trinajstić information content (AvgIpc) is 2.25. The lowest BCUT2D eigenvalue weighted by atomic mass is 10.2. The van der Waals surface area contributed by atoms with Crippen LogP contribution in [-0.4, -0.2) is 11.6 Å². The Morgan fingerprint density at radius 3 is 2.56 bits per heavy atom. The SMILES string of the molecule is NC(=S)/C=C(\N)CCOCc1ccccc1. The molecule has 0 aliphatic heterocycles. The predicted octanol–water partition coefficient (Wildman–Crippen LogP) is 1.72. The smallest absolute Gasteiger partial charge is 0.0979 e. The van der Waals surface area contributed by atoms with Gasteiger partial charge in [0, 0.05) is 12.1 Å². The number of hydrogen-bond acceptors (Lipinski definition) is 3. The van der Waals surface area contributed by atoms with Gasteiger partial charge in [0.15, 0.2) is 0 Å². The van der Waals surface area contributed by atoms with Crippen molar-refractivity contribution in [2.24, 2.45) is 11.5 Å². The van der Waals surface area contributed by atoms with Gasteiger partial charge in [0.1, 0.15) is 0 Å². The first-order chi connectivity index (χ1) is 7.68. The molecule has 0 saturated carbocycles. The zero-order valence-corrected chi connectivity index (χ0v) is 9.87. The predicted molar refractivity (Wildman–Crippen MR) is 69.8 cm³/mol. The quantitative estimate of drug-likeness (QED) is 0.448. The molecule has 0 radical (unpaired) electrons. The molecule has 4 heteroatoms. The van der Waals surface area contributed by atoms with Gasteiger partial charge in [0.2, 0.25) is 0 Å². The average molecular weight is 236 g/mol. The van der Waals surface area contributed by atoms with Gasteiger partial charge in [-0.3, -0.25) is 0 Å². The Hall–Kier alpha value is -1.39. The molecule has 0 atom stereocenters. The highest BCUT2D eigenvalue weighted by Gasteiger charge is 1.94. The summed E-state index contributed by atoms with van der Waals surface area (Å²) in [7, 11) is 0. The van der Waals surface area contributed by atoms with Crippen LogP contribution in [-0.2, 0) is 11.3 Å². The number of ether oxygens (including phenoxy) is 1. The van der Waals surface area contributed by atoms with Gasteiger partial charge < -0.3 is 16.2 Å². The molecule has 3 nitrogen and oxygen atoms in total. The molecule has 4 N–H and O–H groups in total. The topological polar surface area (TPSA) is 61.3 Å². The summed E-state index contributed by atoms with van der Waals surface area (Å²) in [6.07, 6.45) is 2.23. The molecule has 0 aromatic heterocycles. The summed E-state index contributed by atoms with van der Waals surface area (Å²) in [6, 6.07) is 9.99. The van der Waals surface area contributed by atoms with Gasteiger partial charge in [-0.25, -0.2) is 0 Å². The number of nitrogens with two attached hydrogens (primary N) is 2. The van der Waals surface area contributed by atoms with Gasteiger partial charge in [-0.1, -0.05) is 42.5 Å². The maximum absolute atomic E-state index is 5.67. The molecule has 1 aromatic rings. The lowest BCUT2D eigenvalue weighted by Crippen LogP contribution is -2.10. The fourth-order valence-electron chi connectivity index (χ4n) is 1.21. The highest BCUT2D eigenvalue weighted by Crippen LogP contribution is 2.02. The summed E-state index contributed by atoms with van der Waals surface area (Å²) in [6.45, 7) is 1.17. The van der Waals surface area contributed by atoms with Crippen LogP contribution >= 0.6 is 12.2 Å². The van der Waals surface area contributed by atoms with E-state index >= 15 is 0 Å². The van der Waals surface area contributed by atoms with Crippen LogP contribution in [0.5, 0.6) is 0 Å². The minimum absolute atomic E-state index is 0.306. The van der Waals surface area contributed by atoms with E-state index in [9.17, 15) is 0 Å². The van der Waals surface area contributed by atoms with Crippen molar-refractivity contribution in [3.8, 4) is 0 Å². The third-order valence-corrected chi connectivity index (χ3v) is 2.09. The highest BCUT2D eigenvalue weighted by molar-refractivity contribution is 7.80. The van der Waals surface area contributed by atoms with Crippen molar-refractivity contribution in [1.29, 1.82) is 0 Å². The molecular formula is C12H16N2OS. The summed E-state index contributed by atoms with van der Waals surface area (Å²) >= 11 is 4.71. The van der Waals surface area contributed by atoms with E-state index in [4.69, 9.17) is 28.4 Å². The normalized spacial score (nSPS) is 11.4. The summed E-state index contributed by atoms with van der Waals surface area (Å²) in [5.74, 6) is 0. The standard InChI is InChI=1S/C12H16N2OS/c13-11(8-12(14)16)6-7-15-9-10-4-2-1-3-5-10/h1-5,8H,6-7,9,13H2,(H2,14,16)/b11-8-. The van der Waals surface area contributed by atoms with E-state index in [0.29, 0.717) is 30.3 Å². The Morgan fingerprint density at radius 2 is 1.94 bits per heavy atom. The molecule has 0 aliphatic carbocycles. The van der Waals surface area contributed by atoms with Crippen LogP contribution in [0.2, 0.25) is 0 Å². The maximum Gasteiger partial charge on any atom is 0.0979 e. The molecule has 0 unspecified atom stereocenters. The van der Waals surface area contributed by atoms with Crippen LogP contribution in [0.3, 0.4) is 0 Å². The van der Waals surface area contributed by atoms with E-state index in [1.807, 2.05) is 30.3 Å².